The number of piperazine rings is 1. The van der Waals surface area contributed by atoms with Crippen LogP contribution in [0, 0.1) is 0 Å². The first-order chi connectivity index (χ1) is 9.85. The highest BCUT2D eigenvalue weighted by Gasteiger charge is 2.28. The number of nitrogens with zero attached hydrogens (tertiary/aromatic N) is 2. The fourth-order valence-electron chi connectivity index (χ4n) is 2.24. The normalized spacial score (nSPS) is 18.9. The molecule has 1 saturated heterocycles. The van der Waals surface area contributed by atoms with Crippen molar-refractivity contribution < 1.29 is 24.6 Å². The molecular weight excluding hydrogens is 278 g/mol. The van der Waals surface area contributed by atoms with Crippen LogP contribution < -0.4 is 5.32 Å². The van der Waals surface area contributed by atoms with E-state index in [4.69, 9.17) is 10.2 Å². The molecule has 1 aliphatic rings. The summed E-state index contributed by atoms with van der Waals surface area (Å²) < 4.78 is 0. The van der Waals surface area contributed by atoms with Gasteiger partial charge >= 0.3 is 18.0 Å². The van der Waals surface area contributed by atoms with E-state index in [0.29, 0.717) is 19.1 Å². The first kappa shape index (κ1) is 17.2. The van der Waals surface area contributed by atoms with E-state index in [1.165, 1.54) is 4.90 Å². The van der Waals surface area contributed by atoms with E-state index in [1.54, 1.807) is 0 Å². The third kappa shape index (κ3) is 5.22. The van der Waals surface area contributed by atoms with Gasteiger partial charge in [0, 0.05) is 32.2 Å². The zero-order chi connectivity index (χ0) is 16.0. The van der Waals surface area contributed by atoms with Gasteiger partial charge in [0.25, 0.3) is 0 Å². The SMILES string of the molecule is CCC(C)N1CCN(C(=O)N[C@H](CC(=O)O)C(=O)O)CC1. The number of hydrogen-bond acceptors (Lipinski definition) is 4. The average molecular weight is 301 g/mol. The molecule has 3 N–H and O–H groups in total. The maximum absolute atomic E-state index is 12.0. The van der Waals surface area contributed by atoms with Gasteiger partial charge in [-0.15, -0.1) is 0 Å². The maximum Gasteiger partial charge on any atom is 0.326 e. The van der Waals surface area contributed by atoms with Gasteiger partial charge < -0.3 is 20.4 Å². The van der Waals surface area contributed by atoms with Crippen molar-refractivity contribution in [1.82, 2.24) is 15.1 Å². The fourth-order valence-corrected chi connectivity index (χ4v) is 2.24. The van der Waals surface area contributed by atoms with Crippen LogP contribution in [0.3, 0.4) is 0 Å². The summed E-state index contributed by atoms with van der Waals surface area (Å²) in [7, 11) is 0. The van der Waals surface area contributed by atoms with Crippen LogP contribution in [0.4, 0.5) is 4.79 Å². The molecule has 1 aliphatic heterocycles. The van der Waals surface area contributed by atoms with Gasteiger partial charge in [-0.2, -0.15) is 0 Å². The Balaban J connectivity index is 2.49. The Morgan fingerprint density at radius 2 is 1.71 bits per heavy atom. The molecule has 2 atom stereocenters. The fraction of sp³-hybridized carbons (Fsp3) is 0.769. The summed E-state index contributed by atoms with van der Waals surface area (Å²) in [6.07, 6.45) is 0.403. The third-order valence-corrected chi connectivity index (χ3v) is 3.79. The monoisotopic (exact) mass is 301 g/mol. The van der Waals surface area contributed by atoms with Gasteiger partial charge in [-0.1, -0.05) is 6.92 Å². The number of nitrogens with one attached hydrogen (secondary N) is 1. The van der Waals surface area contributed by atoms with Gasteiger partial charge in [-0.05, 0) is 13.3 Å². The van der Waals surface area contributed by atoms with E-state index in [-0.39, 0.29) is 0 Å². The number of aliphatic carboxylic acids is 2. The zero-order valence-corrected chi connectivity index (χ0v) is 12.4. The summed E-state index contributed by atoms with van der Waals surface area (Å²) >= 11 is 0. The first-order valence-corrected chi connectivity index (χ1v) is 7.09. The molecule has 0 bridgehead atoms. The van der Waals surface area contributed by atoms with Crippen LogP contribution in [0.25, 0.3) is 0 Å². The van der Waals surface area contributed by atoms with Crippen molar-refractivity contribution in [3.8, 4) is 0 Å². The number of amides is 2. The second-order valence-corrected chi connectivity index (χ2v) is 5.22. The number of hydrogen-bond donors (Lipinski definition) is 3. The van der Waals surface area contributed by atoms with Crippen LogP contribution in [-0.4, -0.2) is 76.2 Å². The molecule has 0 spiro atoms. The number of urea groups is 1. The summed E-state index contributed by atoms with van der Waals surface area (Å²) in [6.45, 7) is 6.72. The zero-order valence-electron chi connectivity index (χ0n) is 12.4. The Morgan fingerprint density at radius 3 is 2.14 bits per heavy atom. The average Bonchev–Trinajstić information content (AvgIpc) is 2.45. The van der Waals surface area contributed by atoms with Crippen LogP contribution in [0.2, 0.25) is 0 Å². The molecule has 1 unspecified atom stereocenters. The van der Waals surface area contributed by atoms with Gasteiger partial charge in [0.05, 0.1) is 6.42 Å². The van der Waals surface area contributed by atoms with Crippen LogP contribution in [0.1, 0.15) is 26.7 Å². The number of carboxylic acid groups (broad SMARTS) is 2. The number of carbonyl (C=O) groups is 3. The number of carbonyl (C=O) groups excluding carboxylic acids is 1. The highest BCUT2D eigenvalue weighted by atomic mass is 16.4. The Bertz CT molecular complexity index is 393. The lowest BCUT2D eigenvalue weighted by atomic mass is 10.2. The summed E-state index contributed by atoms with van der Waals surface area (Å²) in [4.78, 5) is 37.3. The van der Waals surface area contributed by atoms with Crippen molar-refractivity contribution in [2.75, 3.05) is 26.2 Å². The second kappa shape index (κ2) is 7.82. The minimum absolute atomic E-state index is 0.453. The lowest BCUT2D eigenvalue weighted by Gasteiger charge is -2.38. The Morgan fingerprint density at radius 1 is 1.14 bits per heavy atom. The molecular formula is C13H23N3O5. The van der Waals surface area contributed by atoms with Crippen molar-refractivity contribution in [3.05, 3.63) is 0 Å². The smallest absolute Gasteiger partial charge is 0.326 e. The highest BCUT2D eigenvalue weighted by molar-refractivity contribution is 5.86. The predicted molar refractivity (Wildman–Crippen MR) is 75.1 cm³/mol. The Hall–Kier alpha value is -1.83. The molecule has 1 heterocycles. The molecule has 1 fully saturated rings. The molecule has 0 saturated carbocycles. The Kier molecular flexibility index (Phi) is 6.41. The largest absolute Gasteiger partial charge is 0.481 e. The second-order valence-electron chi connectivity index (χ2n) is 5.22. The molecule has 8 heteroatoms. The standard InChI is InChI=1S/C13H23N3O5/c1-3-9(2)15-4-6-16(7-5-15)13(21)14-10(12(19)20)8-11(17)18/h9-10H,3-8H2,1-2H3,(H,14,21)(H,17,18)(H,19,20)/t9?,10-/m1/s1. The molecule has 0 radical (unpaired) electrons. The summed E-state index contributed by atoms with van der Waals surface area (Å²) in [5, 5.41) is 19.8. The molecule has 2 amide bonds. The Labute approximate surface area is 123 Å². The van der Waals surface area contributed by atoms with Gasteiger partial charge in [0.1, 0.15) is 6.04 Å². The minimum Gasteiger partial charge on any atom is -0.481 e. The summed E-state index contributed by atoms with van der Waals surface area (Å²) in [5.74, 6) is -2.60. The van der Waals surface area contributed by atoms with Crippen LogP contribution in [0.15, 0.2) is 0 Å². The van der Waals surface area contributed by atoms with Gasteiger partial charge in [-0.3, -0.25) is 9.69 Å². The maximum atomic E-state index is 12.0. The molecule has 0 aromatic heterocycles. The van der Waals surface area contributed by atoms with E-state index < -0.39 is 30.4 Å². The number of rotatable bonds is 6. The van der Waals surface area contributed by atoms with Gasteiger partial charge in [-0.25, -0.2) is 9.59 Å². The predicted octanol–water partition coefficient (Wildman–Crippen LogP) is 0.0400. The molecule has 8 nitrogen and oxygen atoms in total. The molecule has 1 rings (SSSR count). The first-order valence-electron chi connectivity index (χ1n) is 7.09. The van der Waals surface area contributed by atoms with Crippen LogP contribution >= 0.6 is 0 Å². The summed E-state index contributed by atoms with van der Waals surface area (Å²) in [5.41, 5.74) is 0. The molecule has 120 valence electrons. The topological polar surface area (TPSA) is 110 Å². The minimum atomic E-state index is -1.40. The molecule has 21 heavy (non-hydrogen) atoms. The van der Waals surface area contributed by atoms with E-state index in [2.05, 4.69) is 24.1 Å². The van der Waals surface area contributed by atoms with Crippen LogP contribution in [-0.2, 0) is 9.59 Å². The van der Waals surface area contributed by atoms with Crippen molar-refractivity contribution in [1.29, 1.82) is 0 Å². The highest BCUT2D eigenvalue weighted by Crippen LogP contribution is 2.09. The molecule has 0 aliphatic carbocycles. The van der Waals surface area contributed by atoms with Gasteiger partial charge in [0.2, 0.25) is 0 Å². The molecule has 0 aromatic rings. The number of carboxylic acids is 2. The van der Waals surface area contributed by atoms with Gasteiger partial charge in [0.15, 0.2) is 0 Å². The molecule has 0 aromatic carbocycles. The van der Waals surface area contributed by atoms with E-state index in [9.17, 15) is 14.4 Å². The summed E-state index contributed by atoms with van der Waals surface area (Å²) in [6, 6.07) is -1.47. The van der Waals surface area contributed by atoms with Crippen molar-refractivity contribution in [2.45, 2.75) is 38.8 Å². The quantitative estimate of drug-likeness (QED) is 0.639. The van der Waals surface area contributed by atoms with Crippen molar-refractivity contribution in [3.63, 3.8) is 0 Å². The van der Waals surface area contributed by atoms with E-state index in [1.807, 2.05) is 0 Å². The third-order valence-electron chi connectivity index (χ3n) is 3.79. The lowest BCUT2D eigenvalue weighted by molar-refractivity contribution is -0.145. The lowest BCUT2D eigenvalue weighted by Crippen LogP contribution is -2.56. The van der Waals surface area contributed by atoms with Crippen molar-refractivity contribution >= 4 is 18.0 Å². The van der Waals surface area contributed by atoms with Crippen LogP contribution in [0.5, 0.6) is 0 Å². The van der Waals surface area contributed by atoms with E-state index >= 15 is 0 Å². The van der Waals surface area contributed by atoms with Crippen molar-refractivity contribution in [2.24, 2.45) is 0 Å². The van der Waals surface area contributed by atoms with E-state index in [0.717, 1.165) is 19.5 Å².